The standard InChI is InChI=1S/C16H28N4O.HI/c1-4-20(3)13-12-19-16(17-2)18-11-8-14-21-15-9-6-5-7-10-15;/h5-7,9-10H,4,8,11-14H2,1-3H3,(H2,17,18,19);1H. The summed E-state index contributed by atoms with van der Waals surface area (Å²) in [6.07, 6.45) is 0.935. The number of para-hydroxylation sites is 1. The molecule has 1 rings (SSSR count). The molecule has 0 aliphatic heterocycles. The molecule has 0 heterocycles. The summed E-state index contributed by atoms with van der Waals surface area (Å²) in [7, 11) is 3.90. The van der Waals surface area contributed by atoms with E-state index in [-0.39, 0.29) is 24.0 Å². The van der Waals surface area contributed by atoms with Gasteiger partial charge in [0.25, 0.3) is 0 Å². The van der Waals surface area contributed by atoms with Gasteiger partial charge in [-0.15, -0.1) is 24.0 Å². The van der Waals surface area contributed by atoms with Gasteiger partial charge in [0.2, 0.25) is 0 Å². The largest absolute Gasteiger partial charge is 0.494 e. The van der Waals surface area contributed by atoms with Crippen LogP contribution in [0.15, 0.2) is 35.3 Å². The summed E-state index contributed by atoms with van der Waals surface area (Å²) in [5, 5.41) is 6.59. The smallest absolute Gasteiger partial charge is 0.191 e. The van der Waals surface area contributed by atoms with E-state index in [2.05, 4.69) is 34.5 Å². The van der Waals surface area contributed by atoms with Crippen LogP contribution in [0.1, 0.15) is 13.3 Å². The number of guanidine groups is 1. The Bertz CT molecular complexity index is 400. The Morgan fingerprint density at radius 3 is 2.50 bits per heavy atom. The summed E-state index contributed by atoms with van der Waals surface area (Å²) < 4.78 is 5.64. The van der Waals surface area contributed by atoms with Crippen LogP contribution in [-0.2, 0) is 0 Å². The van der Waals surface area contributed by atoms with E-state index in [4.69, 9.17) is 4.74 Å². The van der Waals surface area contributed by atoms with Crippen molar-refractivity contribution < 1.29 is 4.74 Å². The predicted molar refractivity (Wildman–Crippen MR) is 105 cm³/mol. The van der Waals surface area contributed by atoms with Gasteiger partial charge in [0.1, 0.15) is 5.75 Å². The fourth-order valence-corrected chi connectivity index (χ4v) is 1.73. The van der Waals surface area contributed by atoms with Crippen molar-refractivity contribution in [2.45, 2.75) is 13.3 Å². The minimum atomic E-state index is 0. The summed E-state index contributed by atoms with van der Waals surface area (Å²) in [4.78, 5) is 6.46. The summed E-state index contributed by atoms with van der Waals surface area (Å²) in [5.41, 5.74) is 0. The van der Waals surface area contributed by atoms with E-state index in [0.29, 0.717) is 6.61 Å². The molecule has 0 saturated heterocycles. The molecule has 2 N–H and O–H groups in total. The van der Waals surface area contributed by atoms with E-state index in [1.807, 2.05) is 30.3 Å². The summed E-state index contributed by atoms with van der Waals surface area (Å²) in [6, 6.07) is 9.88. The van der Waals surface area contributed by atoms with Crippen LogP contribution in [0, 0.1) is 0 Å². The number of likely N-dealkylation sites (N-methyl/N-ethyl adjacent to an activating group) is 1. The number of halogens is 1. The summed E-state index contributed by atoms with van der Waals surface area (Å²) >= 11 is 0. The van der Waals surface area contributed by atoms with E-state index in [9.17, 15) is 0 Å². The first kappa shape index (κ1) is 21.0. The number of benzene rings is 1. The van der Waals surface area contributed by atoms with Gasteiger partial charge in [-0.05, 0) is 32.1 Å². The van der Waals surface area contributed by atoms with Crippen molar-refractivity contribution >= 4 is 29.9 Å². The van der Waals surface area contributed by atoms with Crippen LogP contribution in [0.3, 0.4) is 0 Å². The van der Waals surface area contributed by atoms with Crippen molar-refractivity contribution in [2.75, 3.05) is 46.9 Å². The molecule has 0 radical (unpaired) electrons. The second-order valence-corrected chi connectivity index (χ2v) is 4.84. The van der Waals surface area contributed by atoms with Gasteiger partial charge in [-0.25, -0.2) is 0 Å². The lowest BCUT2D eigenvalue weighted by molar-refractivity contribution is 0.311. The van der Waals surface area contributed by atoms with Gasteiger partial charge in [-0.1, -0.05) is 25.1 Å². The van der Waals surface area contributed by atoms with Gasteiger partial charge in [0, 0.05) is 26.7 Å². The first-order valence-corrected chi connectivity index (χ1v) is 7.57. The number of nitrogens with zero attached hydrogens (tertiary/aromatic N) is 2. The lowest BCUT2D eigenvalue weighted by atomic mass is 10.3. The molecule has 22 heavy (non-hydrogen) atoms. The number of nitrogens with one attached hydrogen (secondary N) is 2. The minimum Gasteiger partial charge on any atom is -0.494 e. The zero-order chi connectivity index (χ0) is 15.3. The van der Waals surface area contributed by atoms with Gasteiger partial charge in [-0.2, -0.15) is 0 Å². The van der Waals surface area contributed by atoms with Gasteiger partial charge < -0.3 is 20.3 Å². The molecule has 126 valence electrons. The monoisotopic (exact) mass is 420 g/mol. The Morgan fingerprint density at radius 2 is 1.86 bits per heavy atom. The zero-order valence-corrected chi connectivity index (χ0v) is 16.2. The van der Waals surface area contributed by atoms with Crippen molar-refractivity contribution in [2.24, 2.45) is 4.99 Å². The topological polar surface area (TPSA) is 48.9 Å². The van der Waals surface area contributed by atoms with E-state index < -0.39 is 0 Å². The highest BCUT2D eigenvalue weighted by molar-refractivity contribution is 14.0. The maximum Gasteiger partial charge on any atom is 0.191 e. The third-order valence-electron chi connectivity index (χ3n) is 3.17. The molecular weight excluding hydrogens is 391 g/mol. The number of ether oxygens (including phenoxy) is 1. The number of hydrogen-bond donors (Lipinski definition) is 2. The molecule has 0 spiro atoms. The second-order valence-electron chi connectivity index (χ2n) is 4.84. The van der Waals surface area contributed by atoms with E-state index >= 15 is 0 Å². The van der Waals surface area contributed by atoms with E-state index in [1.54, 1.807) is 7.05 Å². The van der Waals surface area contributed by atoms with Gasteiger partial charge in [-0.3, -0.25) is 4.99 Å². The Balaban J connectivity index is 0.00000441. The average Bonchev–Trinajstić information content (AvgIpc) is 2.53. The van der Waals surface area contributed by atoms with Crippen LogP contribution >= 0.6 is 24.0 Å². The quantitative estimate of drug-likeness (QED) is 0.278. The van der Waals surface area contributed by atoms with Crippen molar-refractivity contribution in [3.05, 3.63) is 30.3 Å². The van der Waals surface area contributed by atoms with E-state index in [0.717, 1.165) is 44.3 Å². The number of aliphatic imine (C=N–C) groups is 1. The van der Waals surface area contributed by atoms with E-state index in [1.165, 1.54) is 0 Å². The zero-order valence-electron chi connectivity index (χ0n) is 13.8. The highest BCUT2D eigenvalue weighted by Crippen LogP contribution is 2.07. The normalized spacial score (nSPS) is 11.0. The highest BCUT2D eigenvalue weighted by Gasteiger charge is 1.98. The molecule has 0 amide bonds. The van der Waals surface area contributed by atoms with Crippen molar-refractivity contribution in [1.82, 2.24) is 15.5 Å². The molecule has 6 heteroatoms. The molecule has 1 aromatic carbocycles. The van der Waals surface area contributed by atoms with Gasteiger partial charge in [0.15, 0.2) is 5.96 Å². The summed E-state index contributed by atoms with van der Waals surface area (Å²) in [5.74, 6) is 1.77. The average molecular weight is 420 g/mol. The maximum atomic E-state index is 5.64. The Labute approximate surface area is 151 Å². The molecule has 0 fully saturated rings. The van der Waals surface area contributed by atoms with Crippen LogP contribution < -0.4 is 15.4 Å². The first-order valence-electron chi connectivity index (χ1n) is 7.57. The Kier molecular flexibility index (Phi) is 13.0. The number of hydrogen-bond acceptors (Lipinski definition) is 3. The molecule has 0 atom stereocenters. The molecule has 0 bridgehead atoms. The number of rotatable bonds is 9. The van der Waals surface area contributed by atoms with Gasteiger partial charge in [0.05, 0.1) is 6.61 Å². The Morgan fingerprint density at radius 1 is 1.18 bits per heavy atom. The molecule has 1 aromatic rings. The fourth-order valence-electron chi connectivity index (χ4n) is 1.73. The molecule has 5 nitrogen and oxygen atoms in total. The lowest BCUT2D eigenvalue weighted by Gasteiger charge is -2.16. The maximum absolute atomic E-state index is 5.64. The van der Waals surface area contributed by atoms with Crippen molar-refractivity contribution in [3.8, 4) is 5.75 Å². The minimum absolute atomic E-state index is 0. The predicted octanol–water partition coefficient (Wildman–Crippen LogP) is 2.19. The molecule has 0 aliphatic rings. The first-order chi connectivity index (χ1) is 10.3. The molecule has 0 unspecified atom stereocenters. The van der Waals surface area contributed by atoms with Crippen LogP contribution in [-0.4, -0.2) is 57.7 Å². The third kappa shape index (κ3) is 9.83. The van der Waals surface area contributed by atoms with Crippen molar-refractivity contribution in [1.29, 1.82) is 0 Å². The summed E-state index contributed by atoms with van der Waals surface area (Å²) in [6.45, 7) is 6.66. The van der Waals surface area contributed by atoms with Crippen LogP contribution in [0.25, 0.3) is 0 Å². The highest BCUT2D eigenvalue weighted by atomic mass is 127. The molecule has 0 saturated carbocycles. The lowest BCUT2D eigenvalue weighted by Crippen LogP contribution is -2.41. The third-order valence-corrected chi connectivity index (χ3v) is 3.17. The SMILES string of the molecule is CCN(C)CCNC(=NC)NCCCOc1ccccc1.I. The van der Waals surface area contributed by atoms with Crippen LogP contribution in [0.2, 0.25) is 0 Å². The van der Waals surface area contributed by atoms with Crippen LogP contribution in [0.5, 0.6) is 5.75 Å². The fraction of sp³-hybridized carbons (Fsp3) is 0.562. The van der Waals surface area contributed by atoms with Gasteiger partial charge >= 0.3 is 0 Å². The molecule has 0 aromatic heterocycles. The Hall–Kier alpha value is -1.02. The van der Waals surface area contributed by atoms with Crippen LogP contribution in [0.4, 0.5) is 0 Å². The molecular formula is C16H29IN4O. The van der Waals surface area contributed by atoms with Crippen molar-refractivity contribution in [3.63, 3.8) is 0 Å². The second kappa shape index (κ2) is 13.6. The molecule has 0 aliphatic carbocycles.